The molecular formula is C20H30F3IN6O. The van der Waals surface area contributed by atoms with E-state index in [4.69, 9.17) is 4.74 Å². The van der Waals surface area contributed by atoms with Gasteiger partial charge in [-0.2, -0.15) is 13.2 Å². The van der Waals surface area contributed by atoms with Gasteiger partial charge in [0.15, 0.2) is 5.96 Å². The lowest BCUT2D eigenvalue weighted by atomic mass is 10.1. The maximum absolute atomic E-state index is 12.9. The number of rotatable bonds is 11. The Labute approximate surface area is 197 Å². The molecule has 174 valence electrons. The highest BCUT2D eigenvalue weighted by Crippen LogP contribution is 2.29. The standard InChI is InChI=1S/C20H29F3N6O.HI/c1-3-18-28-27-15-29(18)11-10-25-19(24-9-6-12-30-4-2)26-14-16-7-5-8-17(13-16)20(21,22)23;/h5,7-8,13,15H,3-4,6,9-12,14H2,1-2H3,(H2,24,25,26);1H. The summed E-state index contributed by atoms with van der Waals surface area (Å²) in [5.41, 5.74) is -0.179. The van der Waals surface area contributed by atoms with Crippen molar-refractivity contribution < 1.29 is 17.9 Å². The lowest BCUT2D eigenvalue weighted by Crippen LogP contribution is -2.39. The van der Waals surface area contributed by atoms with Gasteiger partial charge >= 0.3 is 6.18 Å². The van der Waals surface area contributed by atoms with Crippen LogP contribution in [-0.4, -0.2) is 47.0 Å². The molecule has 2 aromatic rings. The van der Waals surface area contributed by atoms with Crippen LogP contribution in [0.1, 0.15) is 37.2 Å². The van der Waals surface area contributed by atoms with Gasteiger partial charge in [0.05, 0.1) is 12.1 Å². The maximum Gasteiger partial charge on any atom is 0.416 e. The Hall–Kier alpha value is -1.89. The molecule has 0 radical (unpaired) electrons. The topological polar surface area (TPSA) is 76.4 Å². The first-order valence-corrected chi connectivity index (χ1v) is 10.1. The van der Waals surface area contributed by atoms with Crippen LogP contribution in [-0.2, 0) is 30.4 Å². The molecule has 0 aliphatic rings. The van der Waals surface area contributed by atoms with Crippen LogP contribution in [0.3, 0.4) is 0 Å². The smallest absolute Gasteiger partial charge is 0.382 e. The molecule has 0 saturated heterocycles. The third kappa shape index (κ3) is 9.85. The minimum Gasteiger partial charge on any atom is -0.382 e. The van der Waals surface area contributed by atoms with Crippen LogP contribution < -0.4 is 10.6 Å². The highest BCUT2D eigenvalue weighted by atomic mass is 127. The number of hydrogen-bond donors (Lipinski definition) is 2. The monoisotopic (exact) mass is 554 g/mol. The molecule has 7 nitrogen and oxygen atoms in total. The molecule has 1 heterocycles. The number of hydrogen-bond acceptors (Lipinski definition) is 4. The number of guanidine groups is 1. The van der Waals surface area contributed by atoms with Crippen LogP contribution in [0.5, 0.6) is 0 Å². The molecule has 0 aliphatic heterocycles. The van der Waals surface area contributed by atoms with E-state index in [1.54, 1.807) is 12.4 Å². The summed E-state index contributed by atoms with van der Waals surface area (Å²) in [6, 6.07) is 5.22. The first kappa shape index (κ1) is 27.1. The van der Waals surface area contributed by atoms with Crippen molar-refractivity contribution >= 4 is 29.9 Å². The largest absolute Gasteiger partial charge is 0.416 e. The first-order valence-electron chi connectivity index (χ1n) is 10.1. The van der Waals surface area contributed by atoms with E-state index in [0.717, 1.165) is 30.8 Å². The van der Waals surface area contributed by atoms with Gasteiger partial charge in [-0.1, -0.05) is 19.1 Å². The van der Waals surface area contributed by atoms with E-state index in [1.807, 2.05) is 18.4 Å². The molecule has 0 saturated carbocycles. The van der Waals surface area contributed by atoms with Crippen LogP contribution in [0.25, 0.3) is 0 Å². The summed E-state index contributed by atoms with van der Waals surface area (Å²) >= 11 is 0. The predicted octanol–water partition coefficient (Wildman–Crippen LogP) is 3.64. The van der Waals surface area contributed by atoms with Gasteiger partial charge in [-0.05, 0) is 31.0 Å². The summed E-state index contributed by atoms with van der Waals surface area (Å²) in [6.45, 7) is 7.24. The van der Waals surface area contributed by atoms with E-state index >= 15 is 0 Å². The minimum atomic E-state index is -4.37. The summed E-state index contributed by atoms with van der Waals surface area (Å²) in [6.07, 6.45) is -1.11. The van der Waals surface area contributed by atoms with Gasteiger partial charge in [0.1, 0.15) is 12.2 Å². The Balaban J connectivity index is 0.00000480. The first-order chi connectivity index (χ1) is 14.4. The molecule has 2 rings (SSSR count). The predicted molar refractivity (Wildman–Crippen MR) is 125 cm³/mol. The Morgan fingerprint density at radius 1 is 1.19 bits per heavy atom. The van der Waals surface area contributed by atoms with Gasteiger partial charge in [-0.15, -0.1) is 34.2 Å². The second-order valence-corrected chi connectivity index (χ2v) is 6.56. The van der Waals surface area contributed by atoms with E-state index in [1.165, 1.54) is 6.07 Å². The van der Waals surface area contributed by atoms with Gasteiger partial charge in [0, 0.05) is 39.3 Å². The van der Waals surface area contributed by atoms with Crippen molar-refractivity contribution in [1.29, 1.82) is 0 Å². The Morgan fingerprint density at radius 3 is 2.68 bits per heavy atom. The van der Waals surface area contributed by atoms with Crippen molar-refractivity contribution in [2.24, 2.45) is 4.99 Å². The number of nitrogens with one attached hydrogen (secondary N) is 2. The third-order valence-electron chi connectivity index (χ3n) is 4.29. The second kappa shape index (κ2) is 14.2. The van der Waals surface area contributed by atoms with Gasteiger partial charge in [0.2, 0.25) is 0 Å². The molecular weight excluding hydrogens is 524 g/mol. The zero-order valence-corrected chi connectivity index (χ0v) is 20.1. The third-order valence-corrected chi connectivity index (χ3v) is 4.29. The van der Waals surface area contributed by atoms with Crippen molar-refractivity contribution in [3.05, 3.63) is 47.5 Å². The lowest BCUT2D eigenvalue weighted by molar-refractivity contribution is -0.137. The zero-order valence-electron chi connectivity index (χ0n) is 17.8. The molecule has 0 fully saturated rings. The molecule has 11 heteroatoms. The maximum atomic E-state index is 12.9. The van der Waals surface area contributed by atoms with Crippen LogP contribution in [0, 0.1) is 0 Å². The Kier molecular flexibility index (Phi) is 12.5. The minimum absolute atomic E-state index is 0. The molecule has 0 bridgehead atoms. The number of nitrogens with zero attached hydrogens (tertiary/aromatic N) is 4. The lowest BCUT2D eigenvalue weighted by Gasteiger charge is -2.14. The summed E-state index contributed by atoms with van der Waals surface area (Å²) in [4.78, 5) is 4.44. The Bertz CT molecular complexity index is 797. The second-order valence-electron chi connectivity index (χ2n) is 6.56. The highest BCUT2D eigenvalue weighted by molar-refractivity contribution is 14.0. The average molecular weight is 554 g/mol. The van der Waals surface area contributed by atoms with Crippen molar-refractivity contribution in [3.8, 4) is 0 Å². The fourth-order valence-corrected chi connectivity index (χ4v) is 2.75. The number of benzene rings is 1. The molecule has 0 aliphatic carbocycles. The number of ether oxygens (including phenoxy) is 1. The van der Waals surface area contributed by atoms with Crippen LogP contribution in [0.15, 0.2) is 35.6 Å². The van der Waals surface area contributed by atoms with E-state index in [9.17, 15) is 13.2 Å². The molecule has 0 amide bonds. The summed E-state index contributed by atoms with van der Waals surface area (Å²) in [5, 5.41) is 14.4. The van der Waals surface area contributed by atoms with Gasteiger partial charge in [-0.25, -0.2) is 4.99 Å². The molecule has 1 aromatic carbocycles. The molecule has 2 N–H and O–H groups in total. The fraction of sp³-hybridized carbons (Fsp3) is 0.550. The normalized spacial score (nSPS) is 11.8. The number of halogens is 4. The fourth-order valence-electron chi connectivity index (χ4n) is 2.75. The summed E-state index contributed by atoms with van der Waals surface area (Å²) in [7, 11) is 0. The summed E-state index contributed by atoms with van der Waals surface area (Å²) in [5.74, 6) is 1.43. The average Bonchev–Trinajstić information content (AvgIpc) is 3.18. The number of aliphatic imine (C=N–C) groups is 1. The van der Waals surface area contributed by atoms with Gasteiger partial charge in [0.25, 0.3) is 0 Å². The quantitative estimate of drug-likeness (QED) is 0.192. The highest BCUT2D eigenvalue weighted by Gasteiger charge is 2.30. The van der Waals surface area contributed by atoms with Gasteiger partial charge in [-0.3, -0.25) is 0 Å². The van der Waals surface area contributed by atoms with Crippen molar-refractivity contribution in [2.45, 2.75) is 46.0 Å². The molecule has 31 heavy (non-hydrogen) atoms. The van der Waals surface area contributed by atoms with Crippen molar-refractivity contribution in [1.82, 2.24) is 25.4 Å². The molecule has 0 atom stereocenters. The molecule has 0 spiro atoms. The Morgan fingerprint density at radius 2 is 1.97 bits per heavy atom. The SMILES string of the molecule is CCOCCCNC(=NCc1cccc(C(F)(F)F)c1)NCCn1cnnc1CC.I. The molecule has 1 aromatic heterocycles. The van der Waals surface area contributed by atoms with Crippen molar-refractivity contribution in [2.75, 3.05) is 26.3 Å². The zero-order chi connectivity index (χ0) is 21.8. The number of aryl methyl sites for hydroxylation is 1. The number of aromatic nitrogens is 3. The van der Waals surface area contributed by atoms with Crippen LogP contribution >= 0.6 is 24.0 Å². The van der Waals surface area contributed by atoms with Crippen molar-refractivity contribution in [3.63, 3.8) is 0 Å². The van der Waals surface area contributed by atoms with Gasteiger partial charge < -0.3 is 19.9 Å². The van der Waals surface area contributed by atoms with Crippen LogP contribution in [0.4, 0.5) is 13.2 Å². The number of alkyl halides is 3. The van der Waals surface area contributed by atoms with Crippen LogP contribution in [0.2, 0.25) is 0 Å². The summed E-state index contributed by atoms with van der Waals surface area (Å²) < 4.78 is 46.0. The van der Waals surface area contributed by atoms with E-state index in [0.29, 0.717) is 44.4 Å². The van der Waals surface area contributed by atoms with E-state index in [2.05, 4.69) is 25.8 Å². The van der Waals surface area contributed by atoms with E-state index < -0.39 is 11.7 Å². The molecule has 0 unspecified atom stereocenters. The van der Waals surface area contributed by atoms with E-state index in [-0.39, 0.29) is 30.5 Å².